The van der Waals surface area contributed by atoms with Crippen LogP contribution in [0.4, 0.5) is 26.3 Å². The maximum Gasteiger partial charge on any atom is 0.573 e. The van der Waals surface area contributed by atoms with E-state index in [1.165, 1.54) is 43.3 Å². The zero-order valence-electron chi connectivity index (χ0n) is 17.6. The highest BCUT2D eigenvalue weighted by Crippen LogP contribution is 2.34. The van der Waals surface area contributed by atoms with Crippen molar-refractivity contribution in [2.75, 3.05) is 0 Å². The topological polar surface area (TPSA) is 44.8 Å². The summed E-state index contributed by atoms with van der Waals surface area (Å²) in [4.78, 5) is 12.4. The van der Waals surface area contributed by atoms with Gasteiger partial charge in [0.05, 0.1) is 6.10 Å². The van der Waals surface area contributed by atoms with Gasteiger partial charge in [-0.05, 0) is 73.6 Å². The van der Waals surface area contributed by atoms with Gasteiger partial charge in [0.2, 0.25) is 0 Å². The third-order valence-electron chi connectivity index (χ3n) is 5.22. The number of hydrogen-bond acceptors (Lipinski definition) is 4. The lowest BCUT2D eigenvalue weighted by Crippen LogP contribution is -2.18. The molecule has 3 rings (SSSR count). The quantitative estimate of drug-likeness (QED) is 0.406. The van der Waals surface area contributed by atoms with Gasteiger partial charge in [-0.1, -0.05) is 12.1 Å². The first kappa shape index (κ1) is 24.7. The molecule has 0 N–H and O–H groups in total. The Morgan fingerprint density at radius 2 is 1.67 bits per heavy atom. The highest BCUT2D eigenvalue weighted by Gasteiger charge is 2.33. The zero-order chi connectivity index (χ0) is 24.2. The van der Waals surface area contributed by atoms with Crippen LogP contribution in [0.1, 0.15) is 36.8 Å². The largest absolute Gasteiger partial charge is 0.573 e. The number of halogens is 6. The van der Waals surface area contributed by atoms with Crippen molar-refractivity contribution in [1.29, 1.82) is 0 Å². The average molecular weight is 476 g/mol. The molecule has 2 atom stereocenters. The summed E-state index contributed by atoms with van der Waals surface area (Å²) in [5.74, 6) is -0.292. The lowest BCUT2D eigenvalue weighted by Gasteiger charge is -2.16. The number of benzene rings is 2. The fraction of sp³-hybridized carbons (Fsp3) is 0.435. The molecule has 2 unspecified atom stereocenters. The van der Waals surface area contributed by atoms with Gasteiger partial charge in [-0.15, -0.1) is 26.3 Å². The number of carbonyl (C=O) groups excluding carboxylic acids is 1. The van der Waals surface area contributed by atoms with Gasteiger partial charge >= 0.3 is 12.7 Å². The molecule has 1 aliphatic rings. The Hall–Kier alpha value is -2.91. The summed E-state index contributed by atoms with van der Waals surface area (Å²) in [6, 6.07) is 9.40. The molecule has 1 aliphatic carbocycles. The Bertz CT molecular complexity index is 970. The standard InChI is InChI=1S/C23H22F6O4/c1-14-9-18(7-8-21(14)33-23(27,28)29)31-19-6-5-16(12-19)11-17(30)10-15-3-2-4-20(13-15)32-22(24,25)26/h2-4,7-9,13,16,19H,5-6,10-12H2,1H3. The summed E-state index contributed by atoms with van der Waals surface area (Å²) in [6.45, 7) is 1.48. The minimum atomic E-state index is -4.80. The molecule has 0 heterocycles. The molecule has 2 aromatic rings. The van der Waals surface area contributed by atoms with Crippen molar-refractivity contribution in [2.24, 2.45) is 5.92 Å². The predicted molar refractivity (Wildman–Crippen MR) is 106 cm³/mol. The normalized spacial score (nSPS) is 18.8. The molecule has 0 spiro atoms. The number of ketones is 1. The minimum Gasteiger partial charge on any atom is -0.490 e. The van der Waals surface area contributed by atoms with Crippen LogP contribution in [-0.4, -0.2) is 24.6 Å². The molecule has 4 nitrogen and oxygen atoms in total. The maximum atomic E-state index is 12.4. The van der Waals surface area contributed by atoms with E-state index in [2.05, 4.69) is 9.47 Å². The second-order valence-electron chi connectivity index (χ2n) is 8.01. The van der Waals surface area contributed by atoms with Crippen molar-refractivity contribution >= 4 is 5.78 Å². The fourth-order valence-electron chi connectivity index (χ4n) is 3.92. The molecule has 0 aliphatic heterocycles. The number of Topliss-reactive ketones (excluding diaryl/α,β-unsaturated/α-hetero) is 1. The number of alkyl halides is 6. The molecule has 0 radical (unpaired) electrons. The molecular formula is C23H22F6O4. The van der Waals surface area contributed by atoms with Gasteiger partial charge in [-0.25, -0.2) is 0 Å². The van der Waals surface area contributed by atoms with Crippen LogP contribution in [-0.2, 0) is 11.2 Å². The van der Waals surface area contributed by atoms with E-state index in [1.807, 2.05) is 0 Å². The molecule has 0 bridgehead atoms. The molecule has 180 valence electrons. The summed E-state index contributed by atoms with van der Waals surface area (Å²) in [5.41, 5.74) is 0.718. The van der Waals surface area contributed by atoms with Crippen LogP contribution in [0.3, 0.4) is 0 Å². The van der Waals surface area contributed by atoms with Crippen LogP contribution in [0.15, 0.2) is 42.5 Å². The highest BCUT2D eigenvalue weighted by atomic mass is 19.4. The Labute approximate surface area is 186 Å². The molecule has 1 saturated carbocycles. The maximum absolute atomic E-state index is 12.4. The molecule has 1 fully saturated rings. The van der Waals surface area contributed by atoms with E-state index in [0.717, 1.165) is 6.42 Å². The van der Waals surface area contributed by atoms with E-state index < -0.39 is 12.7 Å². The van der Waals surface area contributed by atoms with Crippen molar-refractivity contribution in [3.8, 4) is 17.2 Å². The van der Waals surface area contributed by atoms with Gasteiger partial charge in [-0.2, -0.15) is 0 Å². The average Bonchev–Trinajstić information content (AvgIpc) is 3.08. The smallest absolute Gasteiger partial charge is 0.490 e. The van der Waals surface area contributed by atoms with E-state index in [-0.39, 0.29) is 47.7 Å². The van der Waals surface area contributed by atoms with Crippen molar-refractivity contribution < 1.29 is 45.3 Å². The molecule has 0 saturated heterocycles. The lowest BCUT2D eigenvalue weighted by atomic mass is 9.97. The highest BCUT2D eigenvalue weighted by molar-refractivity contribution is 5.81. The fourth-order valence-corrected chi connectivity index (χ4v) is 3.92. The van der Waals surface area contributed by atoms with Crippen LogP contribution in [0.2, 0.25) is 0 Å². The Balaban J connectivity index is 1.49. The second kappa shape index (κ2) is 9.93. The van der Waals surface area contributed by atoms with E-state index >= 15 is 0 Å². The molecule has 33 heavy (non-hydrogen) atoms. The van der Waals surface area contributed by atoms with Gasteiger partial charge < -0.3 is 14.2 Å². The summed E-state index contributed by atoms with van der Waals surface area (Å²) in [6.07, 6.45) is -7.47. The van der Waals surface area contributed by atoms with Crippen LogP contribution < -0.4 is 14.2 Å². The lowest BCUT2D eigenvalue weighted by molar-refractivity contribution is -0.275. The number of rotatable bonds is 8. The molecule has 2 aromatic carbocycles. The van der Waals surface area contributed by atoms with Crippen LogP contribution in [0, 0.1) is 12.8 Å². The van der Waals surface area contributed by atoms with Gasteiger partial charge in [0.25, 0.3) is 0 Å². The van der Waals surface area contributed by atoms with Gasteiger partial charge in [0.1, 0.15) is 23.0 Å². The number of hydrogen-bond donors (Lipinski definition) is 0. The van der Waals surface area contributed by atoms with Crippen molar-refractivity contribution in [3.63, 3.8) is 0 Å². The SMILES string of the molecule is Cc1cc(OC2CCC(CC(=O)Cc3cccc(OC(F)(F)F)c3)C2)ccc1OC(F)(F)F. The molecular weight excluding hydrogens is 454 g/mol. The Morgan fingerprint density at radius 3 is 2.33 bits per heavy atom. The monoisotopic (exact) mass is 476 g/mol. The first-order chi connectivity index (χ1) is 15.4. The zero-order valence-corrected chi connectivity index (χ0v) is 17.6. The summed E-state index contributed by atoms with van der Waals surface area (Å²) >= 11 is 0. The number of carbonyl (C=O) groups is 1. The van der Waals surface area contributed by atoms with E-state index in [4.69, 9.17) is 4.74 Å². The Kier molecular flexibility index (Phi) is 7.44. The van der Waals surface area contributed by atoms with E-state index in [0.29, 0.717) is 24.2 Å². The van der Waals surface area contributed by atoms with Gasteiger partial charge in [0, 0.05) is 12.8 Å². The molecule has 0 amide bonds. The number of aryl methyl sites for hydroxylation is 1. The van der Waals surface area contributed by atoms with E-state index in [9.17, 15) is 31.1 Å². The van der Waals surface area contributed by atoms with Crippen LogP contribution in [0.5, 0.6) is 17.2 Å². The van der Waals surface area contributed by atoms with Gasteiger partial charge in [0.15, 0.2) is 0 Å². The second-order valence-corrected chi connectivity index (χ2v) is 8.01. The summed E-state index contributed by atoms with van der Waals surface area (Å²) in [5, 5.41) is 0. The minimum absolute atomic E-state index is 0.00303. The number of ether oxygens (including phenoxy) is 3. The summed E-state index contributed by atoms with van der Waals surface area (Å²) in [7, 11) is 0. The van der Waals surface area contributed by atoms with Crippen molar-refractivity contribution in [2.45, 2.75) is 57.9 Å². The predicted octanol–water partition coefficient (Wildman–Crippen LogP) is 6.54. The van der Waals surface area contributed by atoms with Gasteiger partial charge in [-0.3, -0.25) is 4.79 Å². The summed E-state index contributed by atoms with van der Waals surface area (Å²) < 4.78 is 87.9. The first-order valence-electron chi connectivity index (χ1n) is 10.3. The molecule has 10 heteroatoms. The van der Waals surface area contributed by atoms with Crippen LogP contribution in [0.25, 0.3) is 0 Å². The molecule has 0 aromatic heterocycles. The van der Waals surface area contributed by atoms with Crippen molar-refractivity contribution in [3.05, 3.63) is 53.6 Å². The third kappa shape index (κ3) is 8.18. The van der Waals surface area contributed by atoms with E-state index in [1.54, 1.807) is 6.07 Å². The Morgan fingerprint density at radius 1 is 0.939 bits per heavy atom. The third-order valence-corrected chi connectivity index (χ3v) is 5.22. The first-order valence-corrected chi connectivity index (χ1v) is 10.3. The van der Waals surface area contributed by atoms with Crippen molar-refractivity contribution in [1.82, 2.24) is 0 Å². The van der Waals surface area contributed by atoms with Crippen LogP contribution >= 0.6 is 0 Å².